The number of pyridine rings is 1. The van der Waals surface area contributed by atoms with Crippen molar-refractivity contribution in [3.05, 3.63) is 30.6 Å². The number of nitrogens with zero attached hydrogens (tertiary/aromatic N) is 2. The molecule has 0 aliphatic heterocycles. The molecule has 1 aromatic heterocycles. The molecule has 0 radical (unpaired) electrons. The van der Waals surface area contributed by atoms with E-state index < -0.39 is 0 Å². The van der Waals surface area contributed by atoms with Crippen molar-refractivity contribution in [2.24, 2.45) is 0 Å². The van der Waals surface area contributed by atoms with Gasteiger partial charge in [0.05, 0.1) is 27.2 Å². The summed E-state index contributed by atoms with van der Waals surface area (Å²) < 4.78 is 3.48. The van der Waals surface area contributed by atoms with Crippen molar-refractivity contribution >= 4 is 0 Å². The summed E-state index contributed by atoms with van der Waals surface area (Å²) in [6.45, 7) is 10.7. The summed E-state index contributed by atoms with van der Waals surface area (Å²) in [5.41, 5.74) is 0. The number of unbranched alkanes of at least 4 members (excludes halogenated alkanes) is 26. The maximum Gasteiger partial charge on any atom is 0.168 e. The van der Waals surface area contributed by atoms with E-state index in [-0.39, 0.29) is 34.0 Å². The minimum absolute atomic E-state index is 0. The van der Waals surface area contributed by atoms with E-state index in [9.17, 15) is 0 Å². The van der Waals surface area contributed by atoms with Crippen molar-refractivity contribution in [1.29, 1.82) is 0 Å². The zero-order valence-electron chi connectivity index (χ0n) is 31.5. The van der Waals surface area contributed by atoms with Crippen molar-refractivity contribution < 1.29 is 43.0 Å². The first-order chi connectivity index (χ1) is 21.1. The second-order valence-electron chi connectivity index (χ2n) is 14.3. The fourth-order valence-corrected chi connectivity index (χ4v) is 5.96. The molecule has 0 saturated heterocycles. The molecular weight excluding hydrogens is 680 g/mol. The Kier molecular flexibility index (Phi) is 44.2. The first-order valence-corrected chi connectivity index (χ1v) is 19.8. The summed E-state index contributed by atoms with van der Waals surface area (Å²) in [6.07, 6.45) is 44.8. The van der Waals surface area contributed by atoms with Gasteiger partial charge in [0.2, 0.25) is 0 Å². The summed E-state index contributed by atoms with van der Waals surface area (Å²) in [5.74, 6) is 0. The molecule has 4 heteroatoms. The lowest BCUT2D eigenvalue weighted by Gasteiger charge is -2.28. The standard InChI is InChI=1S/C21H38N.C20H44N.2BrH/c1-2-3-4-5-6-7-8-9-10-11-12-13-14-16-19-22-20-17-15-18-21-22;1-5-7-8-9-10-11-12-13-14-15-16-17-18-19-20-21(3,4)6-2;;/h15,17-18,20-21H,2-14,16,19H2,1H3;5-20H2,1-4H3;2*1H/q2*+1;;/p-2. The molecule has 0 N–H and O–H groups in total. The number of rotatable bonds is 31. The van der Waals surface area contributed by atoms with Crippen LogP contribution in [-0.2, 0) is 6.54 Å². The lowest BCUT2D eigenvalue weighted by atomic mass is 10.0. The molecule has 1 heterocycles. The summed E-state index contributed by atoms with van der Waals surface area (Å²) in [6, 6.07) is 6.31. The molecular formula is C41H82Br2N2. The Morgan fingerprint density at radius 2 is 0.667 bits per heavy atom. The quantitative estimate of drug-likeness (QED) is 0.0435. The Morgan fingerprint density at radius 3 is 0.978 bits per heavy atom. The Balaban J connectivity index is -0.000000752. The lowest BCUT2D eigenvalue weighted by Crippen LogP contribution is -3.00. The highest BCUT2D eigenvalue weighted by atomic mass is 79.9. The van der Waals surface area contributed by atoms with E-state index in [4.69, 9.17) is 0 Å². The molecule has 0 aliphatic carbocycles. The van der Waals surface area contributed by atoms with Crippen LogP contribution in [0.2, 0.25) is 0 Å². The van der Waals surface area contributed by atoms with Crippen LogP contribution in [0.25, 0.3) is 0 Å². The van der Waals surface area contributed by atoms with Gasteiger partial charge in [-0.25, -0.2) is 4.57 Å². The van der Waals surface area contributed by atoms with Crippen LogP contribution in [-0.4, -0.2) is 31.7 Å². The summed E-state index contributed by atoms with van der Waals surface area (Å²) in [5, 5.41) is 0. The normalized spacial score (nSPS) is 11.0. The fraction of sp³-hybridized carbons (Fsp3) is 0.878. The third-order valence-electron chi connectivity index (χ3n) is 9.52. The predicted molar refractivity (Wildman–Crippen MR) is 195 cm³/mol. The van der Waals surface area contributed by atoms with Gasteiger partial charge >= 0.3 is 0 Å². The van der Waals surface area contributed by atoms with Crippen LogP contribution in [0.3, 0.4) is 0 Å². The third kappa shape index (κ3) is 40.2. The van der Waals surface area contributed by atoms with Crippen LogP contribution in [0.5, 0.6) is 0 Å². The van der Waals surface area contributed by atoms with Crippen molar-refractivity contribution in [2.75, 3.05) is 27.2 Å². The highest BCUT2D eigenvalue weighted by molar-refractivity contribution is 4.83. The van der Waals surface area contributed by atoms with Crippen molar-refractivity contribution in [3.8, 4) is 0 Å². The van der Waals surface area contributed by atoms with Gasteiger partial charge in [-0.15, -0.1) is 0 Å². The van der Waals surface area contributed by atoms with Crippen LogP contribution >= 0.6 is 0 Å². The lowest BCUT2D eigenvalue weighted by molar-refractivity contribution is -0.888. The fourth-order valence-electron chi connectivity index (χ4n) is 5.96. The molecule has 0 aliphatic rings. The maximum atomic E-state index is 2.35. The average Bonchev–Trinajstić information content (AvgIpc) is 3.02. The van der Waals surface area contributed by atoms with Gasteiger partial charge in [-0.3, -0.25) is 0 Å². The molecule has 270 valence electrons. The number of aromatic nitrogens is 1. The van der Waals surface area contributed by atoms with Gasteiger partial charge in [0.25, 0.3) is 0 Å². The van der Waals surface area contributed by atoms with E-state index in [0.29, 0.717) is 0 Å². The molecule has 0 atom stereocenters. The first-order valence-electron chi connectivity index (χ1n) is 19.8. The van der Waals surface area contributed by atoms with E-state index >= 15 is 0 Å². The van der Waals surface area contributed by atoms with Crippen LogP contribution < -0.4 is 38.5 Å². The summed E-state index contributed by atoms with van der Waals surface area (Å²) >= 11 is 0. The molecule has 45 heavy (non-hydrogen) atoms. The van der Waals surface area contributed by atoms with E-state index in [2.05, 4.69) is 70.0 Å². The Labute approximate surface area is 306 Å². The van der Waals surface area contributed by atoms with Crippen molar-refractivity contribution in [1.82, 2.24) is 0 Å². The third-order valence-corrected chi connectivity index (χ3v) is 9.52. The van der Waals surface area contributed by atoms with Crippen LogP contribution in [0.1, 0.15) is 201 Å². The number of aryl methyl sites for hydroxylation is 1. The minimum Gasteiger partial charge on any atom is -1.00 e. The molecule has 0 bridgehead atoms. The van der Waals surface area contributed by atoms with Gasteiger partial charge in [-0.1, -0.05) is 174 Å². The number of halogens is 2. The second kappa shape index (κ2) is 40.2. The van der Waals surface area contributed by atoms with Crippen molar-refractivity contribution in [2.45, 2.75) is 207 Å². The second-order valence-corrected chi connectivity index (χ2v) is 14.3. The van der Waals surface area contributed by atoms with E-state index in [1.54, 1.807) is 0 Å². The summed E-state index contributed by atoms with van der Waals surface area (Å²) in [7, 11) is 4.70. The Bertz CT molecular complexity index is 638. The first kappa shape index (κ1) is 49.5. The van der Waals surface area contributed by atoms with E-state index in [1.165, 1.54) is 204 Å². The number of hydrogen-bond donors (Lipinski definition) is 0. The molecule has 0 unspecified atom stereocenters. The monoisotopic (exact) mass is 760 g/mol. The van der Waals surface area contributed by atoms with Gasteiger partial charge in [-0.05, 0) is 26.2 Å². The average molecular weight is 763 g/mol. The van der Waals surface area contributed by atoms with E-state index in [0.717, 1.165) is 0 Å². The zero-order valence-corrected chi connectivity index (χ0v) is 34.6. The number of quaternary nitrogens is 1. The van der Waals surface area contributed by atoms with Gasteiger partial charge in [-0.2, -0.15) is 0 Å². The SMILES string of the molecule is CCCCCCCCCCCCCCCC[N+](C)(C)CC.CCCCCCCCCCCCCCCC[n+]1ccccc1.[Br-].[Br-]. The van der Waals surface area contributed by atoms with E-state index in [1.807, 2.05) is 0 Å². The largest absolute Gasteiger partial charge is 1.00 e. The molecule has 0 aromatic carbocycles. The van der Waals surface area contributed by atoms with Gasteiger partial charge in [0, 0.05) is 18.6 Å². The molecule has 0 spiro atoms. The van der Waals surface area contributed by atoms with Crippen LogP contribution in [0.4, 0.5) is 0 Å². The predicted octanol–water partition coefficient (Wildman–Crippen LogP) is 7.03. The maximum absolute atomic E-state index is 2.35. The molecule has 0 fully saturated rings. The molecule has 1 aromatic rings. The zero-order chi connectivity index (χ0) is 31.5. The van der Waals surface area contributed by atoms with Crippen LogP contribution in [0.15, 0.2) is 30.6 Å². The number of hydrogen-bond acceptors (Lipinski definition) is 0. The molecule has 1 rings (SSSR count). The highest BCUT2D eigenvalue weighted by Crippen LogP contribution is 2.14. The Morgan fingerprint density at radius 1 is 0.378 bits per heavy atom. The topological polar surface area (TPSA) is 3.88 Å². The van der Waals surface area contributed by atoms with Gasteiger partial charge in [0.15, 0.2) is 12.4 Å². The van der Waals surface area contributed by atoms with Gasteiger partial charge < -0.3 is 38.4 Å². The van der Waals surface area contributed by atoms with Crippen LogP contribution in [0, 0.1) is 0 Å². The van der Waals surface area contributed by atoms with Crippen molar-refractivity contribution in [3.63, 3.8) is 0 Å². The minimum atomic E-state index is 0. The smallest absolute Gasteiger partial charge is 0.168 e. The molecule has 0 amide bonds. The molecule has 2 nitrogen and oxygen atoms in total. The Hall–Kier alpha value is 0.0700. The summed E-state index contributed by atoms with van der Waals surface area (Å²) in [4.78, 5) is 0. The van der Waals surface area contributed by atoms with Gasteiger partial charge in [0.1, 0.15) is 6.54 Å². The molecule has 0 saturated carbocycles. The highest BCUT2D eigenvalue weighted by Gasteiger charge is 2.10.